The second-order valence-corrected chi connectivity index (χ2v) is 5.90. The minimum Gasteiger partial charge on any atom is -0.396 e. The molecular weight excluding hydrogens is 264 g/mol. The van der Waals surface area contributed by atoms with Crippen molar-refractivity contribution >= 4 is 11.6 Å². The molecule has 0 bridgehead atoms. The Hall–Kier alpha value is -1.39. The van der Waals surface area contributed by atoms with Crippen molar-refractivity contribution in [3.05, 3.63) is 29.8 Å². The summed E-state index contributed by atoms with van der Waals surface area (Å²) in [5, 5.41) is 11.9. The molecule has 4 N–H and O–H groups in total. The second kappa shape index (κ2) is 8.15. The van der Waals surface area contributed by atoms with Crippen LogP contribution in [0.3, 0.4) is 0 Å². The molecule has 0 radical (unpaired) electrons. The maximum Gasteiger partial charge on any atom is 0.227 e. The van der Waals surface area contributed by atoms with Gasteiger partial charge in [0.25, 0.3) is 0 Å². The number of amides is 1. The van der Waals surface area contributed by atoms with Crippen molar-refractivity contribution in [2.24, 2.45) is 17.6 Å². The number of hydrogen-bond acceptors (Lipinski definition) is 3. The molecule has 1 aliphatic rings. The lowest BCUT2D eigenvalue weighted by molar-refractivity contribution is -0.122. The molecule has 1 amide bonds. The van der Waals surface area contributed by atoms with Gasteiger partial charge in [-0.3, -0.25) is 4.79 Å². The molecule has 1 saturated carbocycles. The van der Waals surface area contributed by atoms with Crippen LogP contribution in [0.25, 0.3) is 0 Å². The SMILES string of the molecule is NCC1CCCCC1C(=O)Nc1cccc(CCCO)c1. The summed E-state index contributed by atoms with van der Waals surface area (Å²) in [6.07, 6.45) is 5.88. The van der Waals surface area contributed by atoms with E-state index in [9.17, 15) is 4.79 Å². The van der Waals surface area contributed by atoms with Crippen LogP contribution in [0, 0.1) is 11.8 Å². The highest BCUT2D eigenvalue weighted by atomic mass is 16.2. The maximum absolute atomic E-state index is 12.5. The van der Waals surface area contributed by atoms with E-state index in [1.807, 2.05) is 24.3 Å². The molecule has 21 heavy (non-hydrogen) atoms. The molecule has 1 aliphatic carbocycles. The third-order valence-corrected chi connectivity index (χ3v) is 4.37. The highest BCUT2D eigenvalue weighted by Gasteiger charge is 2.29. The van der Waals surface area contributed by atoms with Crippen molar-refractivity contribution in [3.8, 4) is 0 Å². The lowest BCUT2D eigenvalue weighted by Crippen LogP contribution is -2.35. The van der Waals surface area contributed by atoms with Crippen LogP contribution in [-0.4, -0.2) is 24.2 Å². The molecule has 2 atom stereocenters. The summed E-state index contributed by atoms with van der Waals surface area (Å²) < 4.78 is 0. The summed E-state index contributed by atoms with van der Waals surface area (Å²) >= 11 is 0. The smallest absolute Gasteiger partial charge is 0.227 e. The van der Waals surface area contributed by atoms with Gasteiger partial charge in [0.1, 0.15) is 0 Å². The number of aryl methyl sites for hydroxylation is 1. The molecule has 0 heterocycles. The minimum absolute atomic E-state index is 0.0462. The first-order valence-corrected chi connectivity index (χ1v) is 7.95. The van der Waals surface area contributed by atoms with Crippen molar-refractivity contribution in [3.63, 3.8) is 0 Å². The highest BCUT2D eigenvalue weighted by Crippen LogP contribution is 2.30. The number of benzene rings is 1. The number of aliphatic hydroxyl groups is 1. The Morgan fingerprint density at radius 2 is 2.14 bits per heavy atom. The largest absolute Gasteiger partial charge is 0.396 e. The first-order chi connectivity index (χ1) is 10.2. The van der Waals surface area contributed by atoms with Gasteiger partial charge in [-0.05, 0) is 55.8 Å². The molecule has 1 aromatic rings. The van der Waals surface area contributed by atoms with Crippen LogP contribution >= 0.6 is 0 Å². The molecule has 2 rings (SSSR count). The minimum atomic E-state index is 0.0462. The van der Waals surface area contributed by atoms with Crippen LogP contribution in [0.2, 0.25) is 0 Å². The van der Waals surface area contributed by atoms with E-state index in [2.05, 4.69) is 5.32 Å². The average molecular weight is 290 g/mol. The predicted molar refractivity (Wildman–Crippen MR) is 85.0 cm³/mol. The maximum atomic E-state index is 12.5. The first-order valence-electron chi connectivity index (χ1n) is 7.95. The molecule has 1 aromatic carbocycles. The number of aliphatic hydroxyl groups excluding tert-OH is 1. The van der Waals surface area contributed by atoms with Gasteiger partial charge in [-0.1, -0.05) is 25.0 Å². The van der Waals surface area contributed by atoms with E-state index in [4.69, 9.17) is 10.8 Å². The van der Waals surface area contributed by atoms with Crippen LogP contribution < -0.4 is 11.1 Å². The van der Waals surface area contributed by atoms with E-state index in [1.165, 1.54) is 6.42 Å². The third kappa shape index (κ3) is 4.55. The van der Waals surface area contributed by atoms with E-state index in [1.54, 1.807) is 0 Å². The standard InChI is InChI=1S/C17H26N2O2/c18-12-14-7-1-2-9-16(14)17(21)19-15-8-3-5-13(11-15)6-4-10-20/h3,5,8,11,14,16,20H,1-2,4,6-7,9-10,12,18H2,(H,19,21). The molecule has 4 heteroatoms. The summed E-state index contributed by atoms with van der Waals surface area (Å²) in [6.45, 7) is 0.783. The van der Waals surface area contributed by atoms with Crippen molar-refractivity contribution < 1.29 is 9.90 Å². The molecule has 116 valence electrons. The van der Waals surface area contributed by atoms with E-state index >= 15 is 0 Å². The van der Waals surface area contributed by atoms with Crippen LogP contribution in [-0.2, 0) is 11.2 Å². The molecule has 0 spiro atoms. The van der Waals surface area contributed by atoms with E-state index in [0.717, 1.165) is 43.4 Å². The summed E-state index contributed by atoms with van der Waals surface area (Å²) in [5.74, 6) is 0.464. The number of carbonyl (C=O) groups excluding carboxylic acids is 1. The highest BCUT2D eigenvalue weighted by molar-refractivity contribution is 5.92. The lowest BCUT2D eigenvalue weighted by Gasteiger charge is -2.29. The Bertz CT molecular complexity index is 462. The molecule has 0 aromatic heterocycles. The molecule has 0 saturated heterocycles. The van der Waals surface area contributed by atoms with Crippen molar-refractivity contribution in [1.82, 2.24) is 0 Å². The van der Waals surface area contributed by atoms with Gasteiger partial charge in [-0.25, -0.2) is 0 Å². The second-order valence-electron chi connectivity index (χ2n) is 5.90. The van der Waals surface area contributed by atoms with Gasteiger partial charge in [0.2, 0.25) is 5.91 Å². The quantitative estimate of drug-likeness (QED) is 0.752. The number of rotatable bonds is 6. The number of nitrogens with one attached hydrogen (secondary N) is 1. The van der Waals surface area contributed by atoms with E-state index in [-0.39, 0.29) is 18.4 Å². The lowest BCUT2D eigenvalue weighted by atomic mass is 9.78. The summed E-state index contributed by atoms with van der Waals surface area (Å²) in [6, 6.07) is 7.88. The monoisotopic (exact) mass is 290 g/mol. The van der Waals surface area contributed by atoms with Gasteiger partial charge in [0, 0.05) is 18.2 Å². The molecule has 0 aliphatic heterocycles. The molecule has 1 fully saturated rings. The fraction of sp³-hybridized carbons (Fsp3) is 0.588. The van der Waals surface area contributed by atoms with Crippen LogP contribution in [0.1, 0.15) is 37.7 Å². The zero-order valence-electron chi connectivity index (χ0n) is 12.6. The average Bonchev–Trinajstić information content (AvgIpc) is 2.53. The Morgan fingerprint density at radius 3 is 2.90 bits per heavy atom. The molecule has 2 unspecified atom stereocenters. The van der Waals surface area contributed by atoms with Crippen molar-refractivity contribution in [2.75, 3.05) is 18.5 Å². The number of nitrogens with two attached hydrogens (primary N) is 1. The van der Waals surface area contributed by atoms with E-state index < -0.39 is 0 Å². The fourth-order valence-electron chi connectivity index (χ4n) is 3.16. The van der Waals surface area contributed by atoms with Crippen LogP contribution in [0.5, 0.6) is 0 Å². The zero-order chi connectivity index (χ0) is 15.1. The summed E-state index contributed by atoms with van der Waals surface area (Å²) in [5.41, 5.74) is 7.78. The third-order valence-electron chi connectivity index (χ3n) is 4.37. The van der Waals surface area contributed by atoms with Gasteiger partial charge >= 0.3 is 0 Å². The van der Waals surface area contributed by atoms with Gasteiger partial charge in [0.15, 0.2) is 0 Å². The fourth-order valence-corrected chi connectivity index (χ4v) is 3.16. The zero-order valence-corrected chi connectivity index (χ0v) is 12.6. The first kappa shape index (κ1) is 16.0. The van der Waals surface area contributed by atoms with Crippen molar-refractivity contribution in [1.29, 1.82) is 0 Å². The summed E-state index contributed by atoms with van der Waals surface area (Å²) in [4.78, 5) is 12.5. The van der Waals surface area contributed by atoms with Crippen molar-refractivity contribution in [2.45, 2.75) is 38.5 Å². The number of hydrogen-bond donors (Lipinski definition) is 3. The normalized spacial score (nSPS) is 22.0. The topological polar surface area (TPSA) is 75.4 Å². The van der Waals surface area contributed by atoms with Gasteiger partial charge in [0.05, 0.1) is 0 Å². The van der Waals surface area contributed by atoms with Gasteiger partial charge in [-0.15, -0.1) is 0 Å². The number of anilines is 1. The van der Waals surface area contributed by atoms with Crippen LogP contribution in [0.4, 0.5) is 5.69 Å². The number of carbonyl (C=O) groups is 1. The Balaban J connectivity index is 1.98. The van der Waals surface area contributed by atoms with Crippen LogP contribution in [0.15, 0.2) is 24.3 Å². The summed E-state index contributed by atoms with van der Waals surface area (Å²) in [7, 11) is 0. The molecule has 4 nitrogen and oxygen atoms in total. The Kier molecular flexibility index (Phi) is 6.21. The predicted octanol–water partition coefficient (Wildman–Crippen LogP) is 2.32. The molecular formula is C17H26N2O2. The van der Waals surface area contributed by atoms with Gasteiger partial charge < -0.3 is 16.2 Å². The van der Waals surface area contributed by atoms with Gasteiger partial charge in [-0.2, -0.15) is 0 Å². The Labute approximate surface area is 126 Å². The Morgan fingerprint density at radius 1 is 1.33 bits per heavy atom. The van der Waals surface area contributed by atoms with E-state index in [0.29, 0.717) is 12.5 Å².